The molecule has 1 N–H and O–H groups in total. The molecule has 1 aliphatic heterocycles. The molecule has 0 saturated carbocycles. The van der Waals surface area contributed by atoms with E-state index < -0.39 is 0 Å². The Bertz CT molecular complexity index is 678. The quantitative estimate of drug-likeness (QED) is 0.878. The molecule has 1 atom stereocenters. The highest BCUT2D eigenvalue weighted by atomic mass is 32.2. The molecule has 6 heteroatoms. The van der Waals surface area contributed by atoms with E-state index in [0.717, 1.165) is 29.2 Å². The fraction of sp³-hybridized carbons (Fsp3) is 0.529. The first-order valence-corrected chi connectivity index (χ1v) is 9.27. The predicted octanol–water partition coefficient (Wildman–Crippen LogP) is 1.90. The van der Waals surface area contributed by atoms with Gasteiger partial charge in [-0.3, -0.25) is 9.69 Å². The number of nitrogens with zero attached hydrogens (tertiary/aromatic N) is 3. The lowest BCUT2D eigenvalue weighted by Crippen LogP contribution is -2.41. The fourth-order valence-corrected chi connectivity index (χ4v) is 4.37. The van der Waals surface area contributed by atoms with E-state index in [1.165, 1.54) is 12.2 Å². The molecule has 124 valence electrons. The monoisotopic (exact) mass is 332 g/mol. The Morgan fingerprint density at radius 1 is 1.48 bits per heavy atom. The van der Waals surface area contributed by atoms with Crippen LogP contribution in [0.4, 0.5) is 0 Å². The normalized spacial score (nSPS) is 18.0. The average molecular weight is 332 g/mol. The van der Waals surface area contributed by atoms with Crippen LogP contribution in [0, 0.1) is 6.92 Å². The number of hydrogen-bond donors (Lipinski definition) is 1. The standard InChI is InChI=1S/C17H24N4OS/c1-13-19-15-5-3-4-6-16(15)21(13)9-8-18-17(22)11-20(2)14-7-10-23-12-14/h3-6,14H,7-12H2,1-2H3,(H,18,22)/t14-/m1/s1. The lowest BCUT2D eigenvalue weighted by atomic mass is 10.2. The zero-order chi connectivity index (χ0) is 16.2. The van der Waals surface area contributed by atoms with Crippen LogP contribution in [0.15, 0.2) is 24.3 Å². The molecule has 0 spiro atoms. The van der Waals surface area contributed by atoms with Crippen LogP contribution in [0.25, 0.3) is 11.0 Å². The smallest absolute Gasteiger partial charge is 0.234 e. The van der Waals surface area contributed by atoms with Crippen molar-refractivity contribution in [2.75, 3.05) is 31.6 Å². The number of amides is 1. The van der Waals surface area contributed by atoms with Gasteiger partial charge in [-0.05, 0) is 38.3 Å². The minimum atomic E-state index is 0.103. The van der Waals surface area contributed by atoms with E-state index in [1.807, 2.05) is 43.9 Å². The van der Waals surface area contributed by atoms with Crippen molar-refractivity contribution in [3.05, 3.63) is 30.1 Å². The maximum Gasteiger partial charge on any atom is 0.234 e. The molecule has 3 rings (SSSR count). The molecule has 1 amide bonds. The highest BCUT2D eigenvalue weighted by Gasteiger charge is 2.21. The summed E-state index contributed by atoms with van der Waals surface area (Å²) < 4.78 is 2.16. The first kappa shape index (κ1) is 16.3. The number of fused-ring (bicyclic) bond motifs is 1. The largest absolute Gasteiger partial charge is 0.353 e. The first-order valence-electron chi connectivity index (χ1n) is 8.11. The van der Waals surface area contributed by atoms with Crippen LogP contribution < -0.4 is 5.32 Å². The number of aromatic nitrogens is 2. The lowest BCUT2D eigenvalue weighted by molar-refractivity contribution is -0.122. The van der Waals surface area contributed by atoms with Crippen molar-refractivity contribution in [2.24, 2.45) is 0 Å². The van der Waals surface area contributed by atoms with Crippen LogP contribution in [0.1, 0.15) is 12.2 Å². The van der Waals surface area contributed by atoms with Gasteiger partial charge in [-0.25, -0.2) is 4.98 Å². The van der Waals surface area contributed by atoms with Crippen molar-refractivity contribution < 1.29 is 4.79 Å². The highest BCUT2D eigenvalue weighted by molar-refractivity contribution is 7.99. The van der Waals surface area contributed by atoms with Gasteiger partial charge in [0.25, 0.3) is 0 Å². The summed E-state index contributed by atoms with van der Waals surface area (Å²) in [6, 6.07) is 8.66. The van der Waals surface area contributed by atoms with Crippen LogP contribution in [0.2, 0.25) is 0 Å². The minimum Gasteiger partial charge on any atom is -0.353 e. The summed E-state index contributed by atoms with van der Waals surface area (Å²) in [5, 5.41) is 3.03. The van der Waals surface area contributed by atoms with Crippen molar-refractivity contribution >= 4 is 28.7 Å². The molecule has 0 aliphatic carbocycles. The van der Waals surface area contributed by atoms with Gasteiger partial charge >= 0.3 is 0 Å². The zero-order valence-electron chi connectivity index (χ0n) is 13.8. The molecule has 5 nitrogen and oxygen atoms in total. The van der Waals surface area contributed by atoms with Crippen LogP contribution in [-0.4, -0.2) is 58.0 Å². The van der Waals surface area contributed by atoms with Crippen LogP contribution in [0.3, 0.4) is 0 Å². The Morgan fingerprint density at radius 3 is 3.09 bits per heavy atom. The zero-order valence-corrected chi connectivity index (χ0v) is 14.6. The Balaban J connectivity index is 1.50. The summed E-state index contributed by atoms with van der Waals surface area (Å²) in [7, 11) is 2.05. The molecule has 23 heavy (non-hydrogen) atoms. The number of imidazole rings is 1. The SMILES string of the molecule is Cc1nc2ccccc2n1CCNC(=O)CN(C)[C@@H]1CCSC1. The molecule has 1 aliphatic rings. The van der Waals surface area contributed by atoms with Gasteiger partial charge in [-0.2, -0.15) is 11.8 Å². The van der Waals surface area contributed by atoms with Crippen molar-refractivity contribution in [3.63, 3.8) is 0 Å². The maximum atomic E-state index is 12.1. The van der Waals surface area contributed by atoms with E-state index in [9.17, 15) is 4.79 Å². The minimum absolute atomic E-state index is 0.103. The number of carbonyl (C=O) groups excluding carboxylic acids is 1. The predicted molar refractivity (Wildman–Crippen MR) is 95.8 cm³/mol. The number of thioether (sulfide) groups is 1. The molecule has 1 fully saturated rings. The molecule has 1 saturated heterocycles. The first-order chi connectivity index (χ1) is 11.1. The van der Waals surface area contributed by atoms with Gasteiger partial charge in [0.1, 0.15) is 5.82 Å². The molecule has 0 unspecified atom stereocenters. The topological polar surface area (TPSA) is 50.2 Å². The average Bonchev–Trinajstić information content (AvgIpc) is 3.16. The highest BCUT2D eigenvalue weighted by Crippen LogP contribution is 2.21. The fourth-order valence-electron chi connectivity index (χ4n) is 3.07. The summed E-state index contributed by atoms with van der Waals surface area (Å²) in [4.78, 5) is 18.8. The van der Waals surface area contributed by atoms with E-state index in [1.54, 1.807) is 0 Å². The third-order valence-electron chi connectivity index (χ3n) is 4.42. The van der Waals surface area contributed by atoms with Gasteiger partial charge in [0, 0.05) is 24.9 Å². The van der Waals surface area contributed by atoms with Crippen molar-refractivity contribution in [2.45, 2.75) is 25.9 Å². The maximum absolute atomic E-state index is 12.1. The number of nitrogens with one attached hydrogen (secondary N) is 1. The number of aryl methyl sites for hydroxylation is 1. The molecule has 1 aromatic carbocycles. The van der Waals surface area contributed by atoms with E-state index in [-0.39, 0.29) is 5.91 Å². The molecule has 0 bridgehead atoms. The summed E-state index contributed by atoms with van der Waals surface area (Å²) in [6.45, 7) is 3.87. The molecular weight excluding hydrogens is 308 g/mol. The molecular formula is C17H24N4OS. The number of likely N-dealkylation sites (N-methyl/N-ethyl adjacent to an activating group) is 1. The molecule has 1 aromatic heterocycles. The number of rotatable bonds is 6. The van der Waals surface area contributed by atoms with Crippen molar-refractivity contribution in [1.29, 1.82) is 0 Å². The second kappa shape index (κ2) is 7.36. The Hall–Kier alpha value is -1.53. The lowest BCUT2D eigenvalue weighted by Gasteiger charge is -2.22. The van der Waals surface area contributed by atoms with Crippen LogP contribution >= 0.6 is 11.8 Å². The third kappa shape index (κ3) is 3.87. The summed E-state index contributed by atoms with van der Waals surface area (Å²) in [5.41, 5.74) is 2.13. The van der Waals surface area contributed by atoms with Gasteiger partial charge in [-0.1, -0.05) is 12.1 Å². The summed E-state index contributed by atoms with van der Waals surface area (Å²) >= 11 is 1.97. The second-order valence-corrected chi connectivity index (χ2v) is 7.23. The van der Waals surface area contributed by atoms with Crippen LogP contribution in [-0.2, 0) is 11.3 Å². The van der Waals surface area contributed by atoms with Gasteiger partial charge in [0.15, 0.2) is 0 Å². The third-order valence-corrected chi connectivity index (χ3v) is 5.57. The summed E-state index contributed by atoms with van der Waals surface area (Å²) in [5.74, 6) is 3.44. The second-order valence-electron chi connectivity index (χ2n) is 6.08. The van der Waals surface area contributed by atoms with E-state index in [4.69, 9.17) is 0 Å². The number of benzene rings is 1. The Kier molecular flexibility index (Phi) is 5.23. The van der Waals surface area contributed by atoms with Crippen molar-refractivity contribution in [1.82, 2.24) is 19.8 Å². The van der Waals surface area contributed by atoms with E-state index in [2.05, 4.69) is 25.8 Å². The Morgan fingerprint density at radius 2 is 2.30 bits per heavy atom. The van der Waals surface area contributed by atoms with Gasteiger partial charge < -0.3 is 9.88 Å². The van der Waals surface area contributed by atoms with Crippen LogP contribution in [0.5, 0.6) is 0 Å². The van der Waals surface area contributed by atoms with Gasteiger partial charge in [0.05, 0.1) is 17.6 Å². The number of carbonyl (C=O) groups is 1. The summed E-state index contributed by atoms with van der Waals surface area (Å²) in [6.07, 6.45) is 1.19. The van der Waals surface area contributed by atoms with Crippen molar-refractivity contribution in [3.8, 4) is 0 Å². The molecule has 2 heterocycles. The molecule has 0 radical (unpaired) electrons. The number of para-hydroxylation sites is 2. The Labute approximate surface area is 141 Å². The van der Waals surface area contributed by atoms with Gasteiger partial charge in [0.2, 0.25) is 5.91 Å². The molecule has 2 aromatic rings. The number of hydrogen-bond acceptors (Lipinski definition) is 4. The van der Waals surface area contributed by atoms with E-state index in [0.29, 0.717) is 19.1 Å². The van der Waals surface area contributed by atoms with Gasteiger partial charge in [-0.15, -0.1) is 0 Å². The van der Waals surface area contributed by atoms with E-state index >= 15 is 0 Å².